The summed E-state index contributed by atoms with van der Waals surface area (Å²) in [6.45, 7) is 2.54. The summed E-state index contributed by atoms with van der Waals surface area (Å²) in [5, 5.41) is 50.0. The molecule has 0 amide bonds. The molecule has 0 bridgehead atoms. The number of aromatic hydroxyl groups is 3. The number of ether oxygens (including phenoxy) is 3. The highest BCUT2D eigenvalue weighted by Crippen LogP contribution is 2.37. The summed E-state index contributed by atoms with van der Waals surface area (Å²) in [4.78, 5) is 25.0. The van der Waals surface area contributed by atoms with Gasteiger partial charge in [0.15, 0.2) is 11.9 Å². The maximum atomic E-state index is 13.4. The predicted octanol–water partition coefficient (Wildman–Crippen LogP) is 1.35. The topological polar surface area (TPSA) is 176 Å². The molecule has 11 nitrogen and oxygen atoms in total. The number of carbonyl (C=O) groups is 1. The number of fused-ring (bicyclic) bond motifs is 1. The van der Waals surface area contributed by atoms with Crippen molar-refractivity contribution in [3.05, 3.63) is 46.6 Å². The minimum atomic E-state index is -1.59. The Morgan fingerprint density at radius 1 is 1.00 bits per heavy atom. The number of hydrogen-bond donors (Lipinski definition) is 5. The monoisotopic (exact) mass is 474 g/mol. The lowest BCUT2D eigenvalue weighted by molar-refractivity contribution is -0.273. The molecule has 4 rings (SSSR count). The lowest BCUT2D eigenvalue weighted by Crippen LogP contribution is -2.59. The van der Waals surface area contributed by atoms with E-state index in [1.165, 1.54) is 31.2 Å². The van der Waals surface area contributed by atoms with Crippen molar-refractivity contribution in [2.75, 3.05) is 0 Å². The van der Waals surface area contributed by atoms with E-state index in [2.05, 4.69) is 0 Å². The highest BCUT2D eigenvalue weighted by molar-refractivity contribution is 5.88. The molecule has 0 radical (unpaired) electrons. The van der Waals surface area contributed by atoms with Crippen molar-refractivity contribution in [2.24, 2.45) is 0 Å². The summed E-state index contributed by atoms with van der Waals surface area (Å²) in [7, 11) is 0. The lowest BCUT2D eigenvalue weighted by Gasteiger charge is -2.40. The first-order valence-electron chi connectivity index (χ1n) is 10.2. The van der Waals surface area contributed by atoms with E-state index in [1.54, 1.807) is 0 Å². The van der Waals surface area contributed by atoms with Crippen LogP contribution >= 0.6 is 0 Å². The number of carbonyl (C=O) groups excluding carboxylic acids is 1. The van der Waals surface area contributed by atoms with Crippen molar-refractivity contribution < 1.29 is 49.0 Å². The summed E-state index contributed by atoms with van der Waals surface area (Å²) in [6, 6.07) is 7.62. The number of esters is 1. The van der Waals surface area contributed by atoms with Crippen LogP contribution < -0.4 is 10.2 Å². The van der Waals surface area contributed by atoms with E-state index >= 15 is 0 Å². The smallest absolute Gasteiger partial charge is 0.303 e. The number of phenolic OH excluding ortho intramolecular Hbond substituents is 3. The lowest BCUT2D eigenvalue weighted by atomic mass is 9.99. The zero-order valence-corrected chi connectivity index (χ0v) is 18.0. The van der Waals surface area contributed by atoms with E-state index in [0.29, 0.717) is 0 Å². The molecular formula is C23H22O11. The van der Waals surface area contributed by atoms with Crippen LogP contribution in [0, 0.1) is 0 Å². The first kappa shape index (κ1) is 23.4. The minimum absolute atomic E-state index is 0.0545. The predicted molar refractivity (Wildman–Crippen MR) is 115 cm³/mol. The van der Waals surface area contributed by atoms with Crippen LogP contribution in [-0.2, 0) is 14.3 Å². The van der Waals surface area contributed by atoms with Crippen LogP contribution in [0.3, 0.4) is 0 Å². The molecule has 0 aliphatic carbocycles. The van der Waals surface area contributed by atoms with Gasteiger partial charge in [0.2, 0.25) is 17.5 Å². The average Bonchev–Trinajstić information content (AvgIpc) is 2.76. The molecule has 2 aromatic carbocycles. The third kappa shape index (κ3) is 4.23. The average molecular weight is 474 g/mol. The van der Waals surface area contributed by atoms with Gasteiger partial charge in [-0.15, -0.1) is 0 Å². The van der Waals surface area contributed by atoms with E-state index in [-0.39, 0.29) is 33.8 Å². The summed E-state index contributed by atoms with van der Waals surface area (Å²) < 4.78 is 22.2. The largest absolute Gasteiger partial charge is 0.508 e. The van der Waals surface area contributed by atoms with Gasteiger partial charge in [0.1, 0.15) is 40.4 Å². The van der Waals surface area contributed by atoms with Gasteiger partial charge in [0.05, 0.1) is 6.10 Å². The van der Waals surface area contributed by atoms with Crippen LogP contribution in [0.4, 0.5) is 0 Å². The van der Waals surface area contributed by atoms with Crippen molar-refractivity contribution >= 4 is 16.9 Å². The molecule has 5 N–H and O–H groups in total. The molecule has 180 valence electrons. The van der Waals surface area contributed by atoms with Gasteiger partial charge in [-0.25, -0.2) is 0 Å². The standard InChI is InChI=1S/C23H22O11/c1-9-17(28)19(30)22(32-10(2)24)23(31-9)34-21-18(29)16-14(27)7-13(26)8-15(16)33-20(21)11-3-5-12(25)6-4-11/h3-9,17,19,22-23,25-28,30H,1-2H3/t9-,17-,19+,22+,23-/m0/s1. The summed E-state index contributed by atoms with van der Waals surface area (Å²) in [5.41, 5.74) is -0.716. The fraction of sp³-hybridized carbons (Fsp3) is 0.304. The Kier molecular flexibility index (Phi) is 6.09. The molecule has 0 spiro atoms. The highest BCUT2D eigenvalue weighted by Gasteiger charge is 2.47. The highest BCUT2D eigenvalue weighted by atomic mass is 16.7. The first-order chi connectivity index (χ1) is 16.1. The summed E-state index contributed by atoms with van der Waals surface area (Å²) in [5.74, 6) is -2.38. The molecule has 3 aromatic rings. The quantitative estimate of drug-likeness (QED) is 0.345. The Morgan fingerprint density at radius 2 is 1.68 bits per heavy atom. The van der Waals surface area contributed by atoms with Crippen LogP contribution in [0.1, 0.15) is 13.8 Å². The van der Waals surface area contributed by atoms with Gasteiger partial charge in [0, 0.05) is 24.6 Å². The molecule has 0 saturated carbocycles. The number of aliphatic hydroxyl groups excluding tert-OH is 2. The molecule has 0 unspecified atom stereocenters. The number of benzene rings is 2. The molecule has 1 aliphatic heterocycles. The summed E-state index contributed by atoms with van der Waals surface area (Å²) in [6.07, 6.45) is -6.98. The van der Waals surface area contributed by atoms with Crippen molar-refractivity contribution in [3.63, 3.8) is 0 Å². The van der Waals surface area contributed by atoms with E-state index in [9.17, 15) is 35.1 Å². The molecule has 5 atom stereocenters. The molecular weight excluding hydrogens is 452 g/mol. The van der Waals surface area contributed by atoms with E-state index in [0.717, 1.165) is 19.1 Å². The van der Waals surface area contributed by atoms with Crippen molar-refractivity contribution in [2.45, 2.75) is 44.6 Å². The molecule has 1 aromatic heterocycles. The Hall–Kier alpha value is -3.80. The Bertz CT molecular complexity index is 1280. The molecule has 1 fully saturated rings. The molecule has 34 heavy (non-hydrogen) atoms. The minimum Gasteiger partial charge on any atom is -0.508 e. The molecule has 11 heteroatoms. The van der Waals surface area contributed by atoms with E-state index < -0.39 is 53.6 Å². The molecule has 1 aliphatic rings. The van der Waals surface area contributed by atoms with Gasteiger partial charge < -0.3 is 44.2 Å². The molecule has 1 saturated heterocycles. The van der Waals surface area contributed by atoms with Gasteiger partial charge in [-0.2, -0.15) is 0 Å². The van der Waals surface area contributed by atoms with Gasteiger partial charge in [0.25, 0.3) is 0 Å². The Balaban J connectivity index is 1.90. The molecule has 2 heterocycles. The van der Waals surface area contributed by atoms with Crippen molar-refractivity contribution in [3.8, 4) is 34.3 Å². The Morgan fingerprint density at radius 3 is 2.32 bits per heavy atom. The fourth-order valence-corrected chi connectivity index (χ4v) is 3.71. The van der Waals surface area contributed by atoms with Crippen molar-refractivity contribution in [1.82, 2.24) is 0 Å². The third-order valence-corrected chi connectivity index (χ3v) is 5.37. The number of hydrogen-bond acceptors (Lipinski definition) is 11. The second kappa shape index (κ2) is 8.86. The van der Waals surface area contributed by atoms with E-state index in [4.69, 9.17) is 18.6 Å². The zero-order valence-electron chi connectivity index (χ0n) is 18.0. The third-order valence-electron chi connectivity index (χ3n) is 5.37. The van der Waals surface area contributed by atoms with Crippen molar-refractivity contribution in [1.29, 1.82) is 0 Å². The van der Waals surface area contributed by atoms with Gasteiger partial charge in [-0.3, -0.25) is 9.59 Å². The second-order valence-corrected chi connectivity index (χ2v) is 7.86. The zero-order chi connectivity index (χ0) is 24.7. The Labute approximate surface area is 192 Å². The summed E-state index contributed by atoms with van der Waals surface area (Å²) >= 11 is 0. The number of phenols is 3. The van der Waals surface area contributed by atoms with Gasteiger partial charge >= 0.3 is 5.97 Å². The van der Waals surface area contributed by atoms with Gasteiger partial charge in [-0.05, 0) is 31.2 Å². The first-order valence-corrected chi connectivity index (χ1v) is 10.2. The normalized spacial score (nSPS) is 24.6. The van der Waals surface area contributed by atoms with Crippen LogP contribution in [0.15, 0.2) is 45.6 Å². The van der Waals surface area contributed by atoms with Crippen LogP contribution in [0.2, 0.25) is 0 Å². The number of rotatable bonds is 4. The number of aliphatic hydroxyl groups is 2. The van der Waals surface area contributed by atoms with Crippen LogP contribution in [-0.4, -0.2) is 62.2 Å². The second-order valence-electron chi connectivity index (χ2n) is 7.86. The van der Waals surface area contributed by atoms with E-state index in [1.807, 2.05) is 0 Å². The maximum Gasteiger partial charge on any atom is 0.303 e. The van der Waals surface area contributed by atoms with Crippen LogP contribution in [0.25, 0.3) is 22.3 Å². The SMILES string of the molecule is CC(=O)O[C@H]1[C@H](Oc2c(-c3ccc(O)cc3)oc3cc(O)cc(O)c3c2=O)O[C@@H](C)[C@H](O)[C@H]1O. The van der Waals surface area contributed by atoms with Crippen LogP contribution in [0.5, 0.6) is 23.0 Å². The van der Waals surface area contributed by atoms with Gasteiger partial charge in [-0.1, -0.05) is 0 Å². The fourth-order valence-electron chi connectivity index (χ4n) is 3.71. The maximum absolute atomic E-state index is 13.4.